The Kier molecular flexibility index (Phi) is 1.81. The maximum absolute atomic E-state index is 3.54. The standard InChI is InChI=1S/C17H13N/c1-11-5-4-8-14-15-9-12-6-2-3-7-13(12)10-16(15)18-17(11)14/h2-10,18H,1H3. The van der Waals surface area contributed by atoms with Gasteiger partial charge in [0.2, 0.25) is 0 Å². The van der Waals surface area contributed by atoms with Crippen molar-refractivity contribution < 1.29 is 0 Å². The SMILES string of the molecule is Cc1cccc2c1[nH]c1cc3ccccc3cc12. The summed E-state index contributed by atoms with van der Waals surface area (Å²) in [5.74, 6) is 0. The van der Waals surface area contributed by atoms with Crippen molar-refractivity contribution in [3.8, 4) is 0 Å². The van der Waals surface area contributed by atoms with E-state index in [0.29, 0.717) is 0 Å². The van der Waals surface area contributed by atoms with E-state index in [4.69, 9.17) is 0 Å². The van der Waals surface area contributed by atoms with Crippen LogP contribution in [0.4, 0.5) is 0 Å². The molecule has 0 aliphatic carbocycles. The molecule has 0 aliphatic rings. The van der Waals surface area contributed by atoms with E-state index in [-0.39, 0.29) is 0 Å². The van der Waals surface area contributed by atoms with E-state index in [9.17, 15) is 0 Å². The number of aromatic amines is 1. The lowest BCUT2D eigenvalue weighted by atomic mass is 10.1. The Labute approximate surface area is 105 Å². The molecule has 3 aromatic carbocycles. The van der Waals surface area contributed by atoms with E-state index >= 15 is 0 Å². The number of rotatable bonds is 0. The molecule has 1 N–H and O–H groups in total. The predicted molar refractivity (Wildman–Crippen MR) is 78.0 cm³/mol. The second-order valence-electron chi connectivity index (χ2n) is 4.87. The Bertz CT molecular complexity index is 884. The van der Waals surface area contributed by atoms with Crippen LogP contribution < -0.4 is 0 Å². The van der Waals surface area contributed by atoms with Crippen molar-refractivity contribution in [2.75, 3.05) is 0 Å². The minimum Gasteiger partial charge on any atom is -0.354 e. The third kappa shape index (κ3) is 1.22. The molecule has 0 spiro atoms. The van der Waals surface area contributed by atoms with Gasteiger partial charge in [0.05, 0.1) is 0 Å². The zero-order valence-corrected chi connectivity index (χ0v) is 10.2. The molecule has 0 amide bonds. The Balaban J connectivity index is 2.27. The van der Waals surface area contributed by atoms with Crippen LogP contribution in [-0.4, -0.2) is 4.98 Å². The van der Waals surface area contributed by atoms with Gasteiger partial charge in [-0.1, -0.05) is 42.5 Å². The van der Waals surface area contributed by atoms with Gasteiger partial charge >= 0.3 is 0 Å². The molecule has 1 heterocycles. The highest BCUT2D eigenvalue weighted by atomic mass is 14.7. The van der Waals surface area contributed by atoms with E-state index in [1.54, 1.807) is 0 Å². The first kappa shape index (κ1) is 9.72. The van der Waals surface area contributed by atoms with Crippen molar-refractivity contribution in [3.63, 3.8) is 0 Å². The molecule has 1 aromatic heterocycles. The fourth-order valence-corrected chi connectivity index (χ4v) is 2.76. The van der Waals surface area contributed by atoms with E-state index in [0.717, 1.165) is 0 Å². The summed E-state index contributed by atoms with van der Waals surface area (Å²) < 4.78 is 0. The molecule has 86 valence electrons. The van der Waals surface area contributed by atoms with Crippen LogP contribution in [-0.2, 0) is 0 Å². The first-order chi connectivity index (χ1) is 8.83. The number of nitrogens with one attached hydrogen (secondary N) is 1. The minimum atomic E-state index is 1.22. The second kappa shape index (κ2) is 3.36. The molecule has 0 bridgehead atoms. The molecule has 0 saturated heterocycles. The van der Waals surface area contributed by atoms with E-state index in [2.05, 4.69) is 66.5 Å². The quantitative estimate of drug-likeness (QED) is 0.448. The molecule has 0 aliphatic heterocycles. The summed E-state index contributed by atoms with van der Waals surface area (Å²) in [7, 11) is 0. The van der Waals surface area contributed by atoms with Crippen molar-refractivity contribution in [2.45, 2.75) is 6.92 Å². The van der Waals surface area contributed by atoms with Crippen LogP contribution in [0.2, 0.25) is 0 Å². The molecule has 4 rings (SSSR count). The summed E-state index contributed by atoms with van der Waals surface area (Å²) in [5, 5.41) is 5.21. The lowest BCUT2D eigenvalue weighted by Crippen LogP contribution is -1.73. The Morgan fingerprint density at radius 3 is 2.39 bits per heavy atom. The van der Waals surface area contributed by atoms with Crippen molar-refractivity contribution in [1.29, 1.82) is 0 Å². The zero-order chi connectivity index (χ0) is 12.1. The summed E-state index contributed by atoms with van der Waals surface area (Å²) >= 11 is 0. The Morgan fingerprint density at radius 1 is 0.778 bits per heavy atom. The normalized spacial score (nSPS) is 11.6. The van der Waals surface area contributed by atoms with Gasteiger partial charge in [0.25, 0.3) is 0 Å². The molecule has 0 saturated carbocycles. The molecule has 0 atom stereocenters. The largest absolute Gasteiger partial charge is 0.354 e. The van der Waals surface area contributed by atoms with Crippen molar-refractivity contribution >= 4 is 32.6 Å². The highest BCUT2D eigenvalue weighted by Gasteiger charge is 2.06. The monoisotopic (exact) mass is 231 g/mol. The molecule has 1 heteroatoms. The van der Waals surface area contributed by atoms with Crippen molar-refractivity contribution in [1.82, 2.24) is 4.98 Å². The Morgan fingerprint density at radius 2 is 1.56 bits per heavy atom. The molecular weight excluding hydrogens is 218 g/mol. The van der Waals surface area contributed by atoms with Gasteiger partial charge < -0.3 is 4.98 Å². The minimum absolute atomic E-state index is 1.22. The number of fused-ring (bicyclic) bond motifs is 4. The van der Waals surface area contributed by atoms with Crippen LogP contribution in [0.1, 0.15) is 5.56 Å². The highest BCUT2D eigenvalue weighted by molar-refractivity contribution is 6.12. The first-order valence-electron chi connectivity index (χ1n) is 6.23. The van der Waals surface area contributed by atoms with Crippen molar-refractivity contribution in [3.05, 3.63) is 60.2 Å². The molecule has 4 aromatic rings. The third-order valence-corrected chi connectivity index (χ3v) is 3.71. The fraction of sp³-hybridized carbons (Fsp3) is 0.0588. The summed E-state index contributed by atoms with van der Waals surface area (Å²) in [5.41, 5.74) is 3.77. The third-order valence-electron chi connectivity index (χ3n) is 3.71. The zero-order valence-electron chi connectivity index (χ0n) is 10.2. The van der Waals surface area contributed by atoms with Crippen LogP contribution >= 0.6 is 0 Å². The molecule has 18 heavy (non-hydrogen) atoms. The molecule has 0 fully saturated rings. The van der Waals surface area contributed by atoms with Crippen LogP contribution in [0, 0.1) is 6.92 Å². The summed E-state index contributed by atoms with van der Waals surface area (Å²) in [6.45, 7) is 2.15. The van der Waals surface area contributed by atoms with Crippen LogP contribution in [0.5, 0.6) is 0 Å². The summed E-state index contributed by atoms with van der Waals surface area (Å²) in [6, 6.07) is 19.5. The fourth-order valence-electron chi connectivity index (χ4n) is 2.76. The van der Waals surface area contributed by atoms with Gasteiger partial charge in [-0.15, -0.1) is 0 Å². The highest BCUT2D eigenvalue weighted by Crippen LogP contribution is 2.30. The van der Waals surface area contributed by atoms with E-state index < -0.39 is 0 Å². The van der Waals surface area contributed by atoms with Gasteiger partial charge in [-0.25, -0.2) is 0 Å². The number of hydrogen-bond acceptors (Lipinski definition) is 0. The smallest absolute Gasteiger partial charge is 0.0494 e. The van der Waals surface area contributed by atoms with Gasteiger partial charge in [-0.05, 0) is 35.4 Å². The number of benzene rings is 3. The molecule has 0 unspecified atom stereocenters. The van der Waals surface area contributed by atoms with Gasteiger partial charge in [0.1, 0.15) is 0 Å². The van der Waals surface area contributed by atoms with Gasteiger partial charge in [-0.3, -0.25) is 0 Å². The number of aryl methyl sites for hydroxylation is 1. The van der Waals surface area contributed by atoms with Crippen LogP contribution in [0.3, 0.4) is 0 Å². The molecular formula is C17H13N. The average molecular weight is 231 g/mol. The topological polar surface area (TPSA) is 15.8 Å². The first-order valence-corrected chi connectivity index (χ1v) is 6.23. The predicted octanol–water partition coefficient (Wildman–Crippen LogP) is 4.78. The number of para-hydroxylation sites is 1. The lowest BCUT2D eigenvalue weighted by Gasteiger charge is -1.98. The molecule has 1 nitrogen and oxygen atoms in total. The van der Waals surface area contributed by atoms with Gasteiger partial charge in [0.15, 0.2) is 0 Å². The van der Waals surface area contributed by atoms with Crippen molar-refractivity contribution in [2.24, 2.45) is 0 Å². The number of H-pyrrole nitrogens is 1. The summed E-state index contributed by atoms with van der Waals surface area (Å²) in [6.07, 6.45) is 0. The maximum atomic E-state index is 3.54. The lowest BCUT2D eigenvalue weighted by molar-refractivity contribution is 1.46. The van der Waals surface area contributed by atoms with Gasteiger partial charge in [0, 0.05) is 21.8 Å². The van der Waals surface area contributed by atoms with Gasteiger partial charge in [-0.2, -0.15) is 0 Å². The van der Waals surface area contributed by atoms with E-state index in [1.807, 2.05) is 0 Å². The maximum Gasteiger partial charge on any atom is 0.0494 e. The number of hydrogen-bond donors (Lipinski definition) is 1. The van der Waals surface area contributed by atoms with Crippen LogP contribution in [0.15, 0.2) is 54.6 Å². The molecule has 0 radical (unpaired) electrons. The Hall–Kier alpha value is -2.28. The van der Waals surface area contributed by atoms with Crippen LogP contribution in [0.25, 0.3) is 32.6 Å². The summed E-state index contributed by atoms with van der Waals surface area (Å²) in [4.78, 5) is 3.54. The second-order valence-corrected chi connectivity index (χ2v) is 4.87. The number of aromatic nitrogens is 1. The average Bonchev–Trinajstić information content (AvgIpc) is 2.76. The van der Waals surface area contributed by atoms with E-state index in [1.165, 1.54) is 38.1 Å².